The molecule has 5 heteroatoms. The molecule has 1 unspecified atom stereocenters. The van der Waals surface area contributed by atoms with E-state index in [4.69, 9.17) is 9.98 Å². The third-order valence-corrected chi connectivity index (χ3v) is 11.0. The Bertz CT molecular complexity index is 2780. The number of nitrogens with zero attached hydrogens (tertiary/aromatic N) is 4. The second-order valence-electron chi connectivity index (χ2n) is 12.6. The number of fused-ring (bicyclic) bond motifs is 10. The number of rotatable bonds is 4. The van der Waals surface area contributed by atoms with Crippen LogP contribution in [0, 0.1) is 0 Å². The fourth-order valence-corrected chi connectivity index (χ4v) is 8.86. The molecule has 0 amide bonds. The highest BCUT2D eigenvalue weighted by molar-refractivity contribution is 7.27. The second kappa shape index (κ2) is 11.0. The summed E-state index contributed by atoms with van der Waals surface area (Å²) in [5.41, 5.74) is 6.78. The standard InChI is InChI=1S/C44H30N4S/c1-47-43(29-17-7-3-8-18-29)45-42(28-15-5-2-6-16-28)46-44(47)30-25-26-36-35(27-30)38-32-21-11-12-22-33(32)39-34-23-13-14-24-37(34)49-41(39)40(38)48(36)31-19-9-4-10-20-31/h2-27,43H,1H3. The Hall–Kier alpha value is -6.04. The maximum atomic E-state index is 5.26. The zero-order valence-electron chi connectivity index (χ0n) is 26.8. The Kier molecular flexibility index (Phi) is 6.30. The molecule has 0 fully saturated rings. The average molecular weight is 647 g/mol. The molecule has 0 spiro atoms. The fraction of sp³-hybridized carbons (Fsp3) is 0.0455. The van der Waals surface area contributed by atoms with Crippen molar-refractivity contribution in [3.63, 3.8) is 0 Å². The fourth-order valence-electron chi connectivity index (χ4n) is 7.61. The van der Waals surface area contributed by atoms with Crippen molar-refractivity contribution in [3.8, 4) is 5.69 Å². The molecule has 1 aliphatic heterocycles. The van der Waals surface area contributed by atoms with Crippen molar-refractivity contribution in [1.29, 1.82) is 0 Å². The predicted molar refractivity (Wildman–Crippen MR) is 208 cm³/mol. The monoisotopic (exact) mass is 646 g/mol. The summed E-state index contributed by atoms with van der Waals surface area (Å²) in [4.78, 5) is 12.7. The largest absolute Gasteiger partial charge is 0.333 e. The van der Waals surface area contributed by atoms with Crippen LogP contribution < -0.4 is 0 Å². The molecule has 1 aliphatic rings. The lowest BCUT2D eigenvalue weighted by Gasteiger charge is -2.32. The summed E-state index contributed by atoms with van der Waals surface area (Å²) < 4.78 is 5.08. The first kappa shape index (κ1) is 28.0. The van der Waals surface area contributed by atoms with Crippen LogP contribution in [0.2, 0.25) is 0 Å². The number of thiophene rings is 1. The molecule has 0 radical (unpaired) electrons. The van der Waals surface area contributed by atoms with Gasteiger partial charge < -0.3 is 9.47 Å². The first-order chi connectivity index (χ1) is 24.2. The van der Waals surface area contributed by atoms with Crippen LogP contribution in [0.5, 0.6) is 0 Å². The zero-order valence-corrected chi connectivity index (χ0v) is 27.6. The molecule has 232 valence electrons. The lowest BCUT2D eigenvalue weighted by molar-refractivity contribution is 0.383. The molecule has 1 atom stereocenters. The third kappa shape index (κ3) is 4.29. The summed E-state index contributed by atoms with van der Waals surface area (Å²) in [7, 11) is 2.11. The highest BCUT2D eigenvalue weighted by Crippen LogP contribution is 2.48. The van der Waals surface area contributed by atoms with E-state index in [9.17, 15) is 0 Å². The Morgan fingerprint density at radius 1 is 0.571 bits per heavy atom. The van der Waals surface area contributed by atoms with Crippen molar-refractivity contribution in [3.05, 3.63) is 174 Å². The van der Waals surface area contributed by atoms with E-state index in [0.29, 0.717) is 0 Å². The third-order valence-electron chi connectivity index (χ3n) is 9.80. The smallest absolute Gasteiger partial charge is 0.159 e. The van der Waals surface area contributed by atoms with Gasteiger partial charge in [0.1, 0.15) is 12.0 Å². The van der Waals surface area contributed by atoms with Gasteiger partial charge in [-0.3, -0.25) is 0 Å². The lowest BCUT2D eigenvalue weighted by Crippen LogP contribution is -2.35. The van der Waals surface area contributed by atoms with E-state index in [1.807, 2.05) is 29.5 Å². The van der Waals surface area contributed by atoms with Gasteiger partial charge in [0.15, 0.2) is 5.84 Å². The number of benzene rings is 7. The molecule has 49 heavy (non-hydrogen) atoms. The van der Waals surface area contributed by atoms with Crippen LogP contribution in [0.25, 0.3) is 58.4 Å². The van der Waals surface area contributed by atoms with Gasteiger partial charge in [-0.15, -0.1) is 11.3 Å². The molecule has 0 saturated heterocycles. The van der Waals surface area contributed by atoms with Crippen LogP contribution >= 0.6 is 11.3 Å². The van der Waals surface area contributed by atoms with E-state index in [2.05, 4.69) is 156 Å². The lowest BCUT2D eigenvalue weighted by atomic mass is 9.98. The molecule has 9 aromatic rings. The summed E-state index contributed by atoms with van der Waals surface area (Å²) in [6.07, 6.45) is -0.204. The first-order valence-electron chi connectivity index (χ1n) is 16.6. The summed E-state index contributed by atoms with van der Waals surface area (Å²) in [5.74, 6) is 1.64. The summed E-state index contributed by atoms with van der Waals surface area (Å²) >= 11 is 1.89. The van der Waals surface area contributed by atoms with Crippen molar-refractivity contribution >= 4 is 75.8 Å². The topological polar surface area (TPSA) is 32.9 Å². The zero-order chi connectivity index (χ0) is 32.5. The van der Waals surface area contributed by atoms with Crippen LogP contribution in [-0.4, -0.2) is 28.2 Å². The Morgan fingerprint density at radius 2 is 1.20 bits per heavy atom. The van der Waals surface area contributed by atoms with Crippen LogP contribution in [0.15, 0.2) is 168 Å². The van der Waals surface area contributed by atoms with Gasteiger partial charge in [-0.1, -0.05) is 121 Å². The maximum absolute atomic E-state index is 5.26. The van der Waals surface area contributed by atoms with E-state index in [-0.39, 0.29) is 6.17 Å². The quantitative estimate of drug-likeness (QED) is 0.187. The molecule has 10 rings (SSSR count). The molecule has 0 saturated carbocycles. The molecule has 0 aliphatic carbocycles. The van der Waals surface area contributed by atoms with Gasteiger partial charge in [0.25, 0.3) is 0 Å². The molecular formula is C44H30N4S. The average Bonchev–Trinajstić information content (AvgIpc) is 3.73. The second-order valence-corrected chi connectivity index (χ2v) is 13.7. The minimum absolute atomic E-state index is 0.204. The number of hydrogen-bond donors (Lipinski definition) is 0. The van der Waals surface area contributed by atoms with Gasteiger partial charge >= 0.3 is 0 Å². The van der Waals surface area contributed by atoms with Crippen molar-refractivity contribution < 1.29 is 0 Å². The van der Waals surface area contributed by atoms with Crippen LogP contribution in [0.1, 0.15) is 22.9 Å². The highest BCUT2D eigenvalue weighted by Gasteiger charge is 2.28. The van der Waals surface area contributed by atoms with E-state index < -0.39 is 0 Å². The van der Waals surface area contributed by atoms with Gasteiger partial charge in [0, 0.05) is 50.1 Å². The van der Waals surface area contributed by atoms with Gasteiger partial charge in [-0.05, 0) is 52.7 Å². The van der Waals surface area contributed by atoms with Crippen LogP contribution in [0.4, 0.5) is 0 Å². The summed E-state index contributed by atoms with van der Waals surface area (Å²) in [5, 5.41) is 7.67. The van der Waals surface area contributed by atoms with E-state index in [1.54, 1.807) is 0 Å². The number of aromatic nitrogens is 1. The number of aliphatic imine (C=N–C) groups is 2. The predicted octanol–water partition coefficient (Wildman–Crippen LogP) is 11.1. The molecule has 3 heterocycles. The number of amidine groups is 2. The maximum Gasteiger partial charge on any atom is 0.159 e. The van der Waals surface area contributed by atoms with E-state index in [0.717, 1.165) is 34.0 Å². The first-order valence-corrected chi connectivity index (χ1v) is 17.4. The minimum Gasteiger partial charge on any atom is -0.333 e. The molecule has 0 bridgehead atoms. The molecule has 4 nitrogen and oxygen atoms in total. The van der Waals surface area contributed by atoms with Gasteiger partial charge in [-0.2, -0.15) is 0 Å². The molecular weight excluding hydrogens is 617 g/mol. The number of hydrogen-bond acceptors (Lipinski definition) is 4. The van der Waals surface area contributed by atoms with Gasteiger partial charge in [0.2, 0.25) is 0 Å². The van der Waals surface area contributed by atoms with Crippen molar-refractivity contribution in [2.45, 2.75) is 6.17 Å². The molecule has 0 N–H and O–H groups in total. The summed E-state index contributed by atoms with van der Waals surface area (Å²) in [6.45, 7) is 0. The Morgan fingerprint density at radius 3 is 1.96 bits per heavy atom. The van der Waals surface area contributed by atoms with E-state index >= 15 is 0 Å². The summed E-state index contributed by atoms with van der Waals surface area (Å²) in [6, 6.07) is 56.2. The van der Waals surface area contributed by atoms with E-state index in [1.165, 1.54) is 52.8 Å². The van der Waals surface area contributed by atoms with Crippen molar-refractivity contribution in [2.75, 3.05) is 7.05 Å². The van der Waals surface area contributed by atoms with Crippen molar-refractivity contribution in [2.24, 2.45) is 9.98 Å². The van der Waals surface area contributed by atoms with Crippen LogP contribution in [0.3, 0.4) is 0 Å². The van der Waals surface area contributed by atoms with Gasteiger partial charge in [-0.25, -0.2) is 9.98 Å². The molecule has 7 aromatic carbocycles. The number of para-hydroxylation sites is 1. The Balaban J connectivity index is 1.30. The van der Waals surface area contributed by atoms with Gasteiger partial charge in [0.05, 0.1) is 15.7 Å². The molecule has 2 aromatic heterocycles. The SMILES string of the molecule is CN1C(c2ccc3c(c2)c2c4ccccc4c4c5ccccc5sc4c2n3-c2ccccc2)=NC(c2ccccc2)=NC1c1ccccc1. The Labute approximate surface area is 287 Å². The normalized spacial score (nSPS) is 15.0. The van der Waals surface area contributed by atoms with Crippen molar-refractivity contribution in [1.82, 2.24) is 9.47 Å². The van der Waals surface area contributed by atoms with Crippen LogP contribution in [-0.2, 0) is 0 Å². The minimum atomic E-state index is -0.204. The highest BCUT2D eigenvalue weighted by atomic mass is 32.1.